The number of hydrogen-bond donors (Lipinski definition) is 0. The normalized spacial score (nSPS) is 13.1. The average Bonchev–Trinajstić information content (AvgIpc) is 3.08. The monoisotopic (exact) mass is 594 g/mol. The van der Waals surface area contributed by atoms with Crippen molar-refractivity contribution in [1.29, 1.82) is 0 Å². The maximum absolute atomic E-state index is 4.52. The molecule has 0 spiro atoms. The van der Waals surface area contributed by atoms with Gasteiger partial charge < -0.3 is 0 Å². The van der Waals surface area contributed by atoms with Gasteiger partial charge in [-0.15, -0.1) is 0 Å². The fraction of sp³-hybridized carbons (Fsp3) is 0.0435. The van der Waals surface area contributed by atoms with Crippen molar-refractivity contribution in [2.75, 3.05) is 0 Å². The van der Waals surface area contributed by atoms with Crippen LogP contribution in [0, 0.1) is 0 Å². The zero-order chi connectivity index (χ0) is 33.1. The van der Waals surface area contributed by atoms with Crippen LogP contribution >= 0.6 is 0 Å². The Kier molecular flexibility index (Phi) is 11.4. The maximum Gasteiger partial charge on any atom is -0.00445 e. The fourth-order valence-electron chi connectivity index (χ4n) is 5.50. The molecule has 0 saturated heterocycles. The third-order valence-corrected chi connectivity index (χ3v) is 8.01. The third-order valence-electron chi connectivity index (χ3n) is 8.01. The molecular weight excluding hydrogens is 553 g/mol. The zero-order valence-electron chi connectivity index (χ0n) is 26.8. The summed E-state index contributed by atoms with van der Waals surface area (Å²) in [5, 5.41) is 3.99. The largest absolute Gasteiger partial charge is 0.0985 e. The maximum atomic E-state index is 4.52. The van der Waals surface area contributed by atoms with Crippen LogP contribution in [0.15, 0.2) is 195 Å². The molecule has 0 N–H and O–H groups in total. The molecule has 1 aliphatic rings. The Morgan fingerprint density at radius 2 is 1.24 bits per heavy atom. The lowest BCUT2D eigenvalue weighted by atomic mass is 9.85. The molecule has 46 heavy (non-hydrogen) atoms. The molecule has 0 heterocycles. The fourth-order valence-corrected chi connectivity index (χ4v) is 5.50. The molecule has 226 valence electrons. The van der Waals surface area contributed by atoms with Crippen LogP contribution in [0.5, 0.6) is 0 Å². The lowest BCUT2D eigenvalue weighted by Crippen LogP contribution is -2.09. The Labute approximate surface area is 275 Å². The molecule has 4 rings (SSSR count). The molecule has 0 aromatic heterocycles. The van der Waals surface area contributed by atoms with Crippen molar-refractivity contribution in [2.45, 2.75) is 12.8 Å². The van der Waals surface area contributed by atoms with E-state index in [2.05, 4.69) is 113 Å². The van der Waals surface area contributed by atoms with E-state index in [-0.39, 0.29) is 0 Å². The zero-order valence-corrected chi connectivity index (χ0v) is 26.8. The van der Waals surface area contributed by atoms with Gasteiger partial charge in [-0.1, -0.05) is 186 Å². The van der Waals surface area contributed by atoms with Gasteiger partial charge in [-0.2, -0.15) is 0 Å². The van der Waals surface area contributed by atoms with E-state index >= 15 is 0 Å². The molecule has 0 nitrogen and oxygen atoms in total. The van der Waals surface area contributed by atoms with Crippen molar-refractivity contribution in [2.24, 2.45) is 0 Å². The van der Waals surface area contributed by atoms with Crippen molar-refractivity contribution in [3.63, 3.8) is 0 Å². The van der Waals surface area contributed by atoms with Crippen molar-refractivity contribution >= 4 is 40.6 Å². The molecule has 0 heteroatoms. The highest BCUT2D eigenvalue weighted by atomic mass is 14.2. The highest BCUT2D eigenvalue weighted by molar-refractivity contribution is 6.00. The summed E-state index contributed by atoms with van der Waals surface area (Å²) in [7, 11) is 0. The molecule has 0 unspecified atom stereocenters. The van der Waals surface area contributed by atoms with Gasteiger partial charge in [-0.3, -0.25) is 0 Å². The molecule has 0 saturated carbocycles. The molecule has 0 radical (unpaired) electrons. The van der Waals surface area contributed by atoms with E-state index in [1.807, 2.05) is 60.7 Å². The van der Waals surface area contributed by atoms with Gasteiger partial charge in [-0.05, 0) is 89.8 Å². The van der Waals surface area contributed by atoms with Gasteiger partial charge in [-0.25, -0.2) is 0 Å². The predicted molar refractivity (Wildman–Crippen MR) is 207 cm³/mol. The van der Waals surface area contributed by atoms with E-state index < -0.39 is 0 Å². The van der Waals surface area contributed by atoms with E-state index in [4.69, 9.17) is 0 Å². The minimum atomic E-state index is 0.844. The summed E-state index contributed by atoms with van der Waals surface area (Å²) in [6.45, 7) is 33.7. The molecule has 1 aliphatic carbocycles. The van der Waals surface area contributed by atoms with E-state index in [9.17, 15) is 0 Å². The second kappa shape index (κ2) is 15.8. The number of fused-ring (bicyclic) bond motifs is 1. The average molecular weight is 595 g/mol. The van der Waals surface area contributed by atoms with Crippen LogP contribution in [0.4, 0.5) is 0 Å². The molecule has 3 aromatic rings. The van der Waals surface area contributed by atoms with Gasteiger partial charge in [0.1, 0.15) is 0 Å². The summed E-state index contributed by atoms with van der Waals surface area (Å²) in [5.41, 5.74) is 10.2. The molecule has 0 amide bonds. The van der Waals surface area contributed by atoms with Crippen molar-refractivity contribution < 1.29 is 0 Å². The van der Waals surface area contributed by atoms with E-state index in [0.717, 1.165) is 78.6 Å². The quantitative estimate of drug-likeness (QED) is 0.194. The summed E-state index contributed by atoms with van der Waals surface area (Å²) in [5.74, 6) is 0. The van der Waals surface area contributed by atoms with Crippen molar-refractivity contribution in [3.8, 4) is 0 Å². The Balaban J connectivity index is 1.89. The Hall–Kier alpha value is -5.72. The lowest BCUT2D eigenvalue weighted by Gasteiger charge is -2.19. The number of hydrogen-bond acceptors (Lipinski definition) is 0. The Morgan fingerprint density at radius 3 is 1.89 bits per heavy atom. The smallest absolute Gasteiger partial charge is 0.00445 e. The Morgan fingerprint density at radius 1 is 0.609 bits per heavy atom. The van der Waals surface area contributed by atoms with Gasteiger partial charge in [0.15, 0.2) is 0 Å². The summed E-state index contributed by atoms with van der Waals surface area (Å²) < 4.78 is 0. The van der Waals surface area contributed by atoms with Gasteiger partial charge in [0, 0.05) is 0 Å². The number of benzene rings is 2. The molecule has 0 aliphatic heterocycles. The predicted octanol–water partition coefficient (Wildman–Crippen LogP) is 11.1. The standard InChI is InChI=1S/C46H42/c1-9-33(3)19-18-26-42(34(4)10-2)40-29-31-41(32-30-40)46-37(7)21-15-14-20-36(6)45(43-24-16-17-25-44(43)46)38(8)28-27-35(5)39-22-12-11-13-23-39/h9-29,31H,1-8,30,32H2/b19-18-,20-14?,21-15?,28-27-,42-26+,45-43?,46-44?. The summed E-state index contributed by atoms with van der Waals surface area (Å²) in [6, 6.07) is 26.8. The molecule has 0 bridgehead atoms. The topological polar surface area (TPSA) is 0 Å². The molecule has 0 atom stereocenters. The highest BCUT2D eigenvalue weighted by Crippen LogP contribution is 2.34. The first-order valence-corrected chi connectivity index (χ1v) is 15.4. The second-order valence-corrected chi connectivity index (χ2v) is 11.1. The lowest BCUT2D eigenvalue weighted by molar-refractivity contribution is 0.990. The second-order valence-electron chi connectivity index (χ2n) is 11.1. The molecule has 0 fully saturated rings. The first kappa shape index (κ1) is 33.2. The van der Waals surface area contributed by atoms with E-state index in [1.54, 1.807) is 12.2 Å². The van der Waals surface area contributed by atoms with Crippen LogP contribution in [-0.2, 0) is 0 Å². The number of rotatable bonds is 11. The van der Waals surface area contributed by atoms with Crippen LogP contribution in [0.1, 0.15) is 29.5 Å². The van der Waals surface area contributed by atoms with Gasteiger partial charge in [0.2, 0.25) is 0 Å². The van der Waals surface area contributed by atoms with Crippen LogP contribution < -0.4 is 10.4 Å². The van der Waals surface area contributed by atoms with E-state index in [0.29, 0.717) is 0 Å². The molecular formula is C46H42. The van der Waals surface area contributed by atoms with Gasteiger partial charge in [0.05, 0.1) is 0 Å². The van der Waals surface area contributed by atoms with Crippen LogP contribution in [0.2, 0.25) is 0 Å². The first-order valence-electron chi connectivity index (χ1n) is 15.4. The van der Waals surface area contributed by atoms with Crippen LogP contribution in [-0.4, -0.2) is 0 Å². The van der Waals surface area contributed by atoms with Gasteiger partial charge >= 0.3 is 0 Å². The Bertz CT molecular complexity index is 2050. The molecule has 3 aromatic carbocycles. The summed E-state index contributed by atoms with van der Waals surface area (Å²) >= 11 is 0. The van der Waals surface area contributed by atoms with Crippen molar-refractivity contribution in [1.82, 2.24) is 0 Å². The van der Waals surface area contributed by atoms with Crippen molar-refractivity contribution in [3.05, 3.63) is 222 Å². The minimum Gasteiger partial charge on any atom is -0.0985 e. The summed E-state index contributed by atoms with van der Waals surface area (Å²) in [6.07, 6.45) is 19.7. The van der Waals surface area contributed by atoms with Gasteiger partial charge in [0.25, 0.3) is 0 Å². The SMILES string of the molecule is C=CC(=C)/C=C\C=C(/C(=C)C=C)C1=CC=C(c2c(=C)ccccc(=C)c(C(=C)/C=C\C(=C)c3ccccc3)c3ccccc23)CC1. The number of allylic oxidation sites excluding steroid dienone is 16. The van der Waals surface area contributed by atoms with E-state index in [1.165, 1.54) is 11.1 Å². The highest BCUT2D eigenvalue weighted by Gasteiger charge is 2.15. The van der Waals surface area contributed by atoms with Crippen LogP contribution in [0.3, 0.4) is 0 Å². The third kappa shape index (κ3) is 8.05. The minimum absolute atomic E-state index is 0.844. The first-order chi connectivity index (χ1) is 22.2. The summed E-state index contributed by atoms with van der Waals surface area (Å²) in [4.78, 5) is 0. The van der Waals surface area contributed by atoms with Crippen LogP contribution in [0.25, 0.3) is 40.6 Å².